The monoisotopic (exact) mass is 211 g/mol. The molecule has 0 aromatic heterocycles. The molecule has 1 N–H and O–H groups in total. The molecule has 1 atom stereocenters. The van der Waals surface area contributed by atoms with Gasteiger partial charge in [-0.1, -0.05) is 19.1 Å². The Bertz CT molecular complexity index is 325. The topological polar surface area (TPSA) is 23.5 Å². The highest BCUT2D eigenvalue weighted by Gasteiger charge is 2.15. The fraction of sp³-hybridized carbons (Fsp3) is 0.500. The minimum absolute atomic E-state index is 0.274. The van der Waals surface area contributed by atoms with Crippen LogP contribution in [0, 0.1) is 5.82 Å². The molecule has 0 bridgehead atoms. The first-order valence-electron chi connectivity index (χ1n) is 5.25. The number of halogens is 1. The van der Waals surface area contributed by atoms with Crippen molar-refractivity contribution in [3.8, 4) is 0 Å². The van der Waals surface area contributed by atoms with Gasteiger partial charge in [0.15, 0.2) is 0 Å². The Morgan fingerprint density at radius 1 is 1.47 bits per heavy atom. The van der Waals surface area contributed by atoms with E-state index in [0.717, 1.165) is 13.0 Å². The maximum absolute atomic E-state index is 13.6. The van der Waals surface area contributed by atoms with E-state index in [-0.39, 0.29) is 5.82 Å². The Kier molecular flexibility index (Phi) is 4.09. The SMILES string of the molecule is CCCN(C)c1c(F)cccc1[C@H](C)O. The minimum atomic E-state index is -0.644. The van der Waals surface area contributed by atoms with E-state index in [1.54, 1.807) is 19.1 Å². The molecule has 0 aliphatic heterocycles. The number of rotatable bonds is 4. The fourth-order valence-electron chi connectivity index (χ4n) is 1.72. The Morgan fingerprint density at radius 3 is 2.67 bits per heavy atom. The average molecular weight is 211 g/mol. The molecule has 0 fully saturated rings. The number of hydrogen-bond acceptors (Lipinski definition) is 2. The fourth-order valence-corrected chi connectivity index (χ4v) is 1.72. The summed E-state index contributed by atoms with van der Waals surface area (Å²) in [6.07, 6.45) is 0.305. The van der Waals surface area contributed by atoms with Gasteiger partial charge in [0.1, 0.15) is 5.82 Å². The van der Waals surface area contributed by atoms with E-state index in [1.165, 1.54) is 6.07 Å². The number of para-hydroxylation sites is 1. The van der Waals surface area contributed by atoms with Crippen LogP contribution >= 0.6 is 0 Å². The summed E-state index contributed by atoms with van der Waals surface area (Å²) < 4.78 is 13.6. The minimum Gasteiger partial charge on any atom is -0.389 e. The normalized spacial score (nSPS) is 12.6. The summed E-state index contributed by atoms with van der Waals surface area (Å²) in [4.78, 5) is 1.84. The lowest BCUT2D eigenvalue weighted by Gasteiger charge is -2.23. The molecule has 0 saturated carbocycles. The Morgan fingerprint density at radius 2 is 2.13 bits per heavy atom. The summed E-state index contributed by atoms with van der Waals surface area (Å²) in [5.41, 5.74) is 1.15. The van der Waals surface area contributed by atoms with E-state index >= 15 is 0 Å². The number of benzene rings is 1. The van der Waals surface area contributed by atoms with Crippen LogP contribution in [0.25, 0.3) is 0 Å². The molecule has 0 aliphatic carbocycles. The highest BCUT2D eigenvalue weighted by molar-refractivity contribution is 5.55. The second-order valence-electron chi connectivity index (χ2n) is 3.78. The lowest BCUT2D eigenvalue weighted by Crippen LogP contribution is -2.21. The van der Waals surface area contributed by atoms with Crippen LogP contribution in [0.1, 0.15) is 31.9 Å². The van der Waals surface area contributed by atoms with Crippen LogP contribution in [-0.4, -0.2) is 18.7 Å². The van der Waals surface area contributed by atoms with Gasteiger partial charge in [0.2, 0.25) is 0 Å². The highest BCUT2D eigenvalue weighted by atomic mass is 19.1. The van der Waals surface area contributed by atoms with Crippen LogP contribution < -0.4 is 4.90 Å². The second kappa shape index (κ2) is 5.12. The molecule has 1 aromatic rings. The van der Waals surface area contributed by atoms with E-state index in [4.69, 9.17) is 0 Å². The van der Waals surface area contributed by atoms with Gasteiger partial charge >= 0.3 is 0 Å². The van der Waals surface area contributed by atoms with Crippen molar-refractivity contribution in [3.63, 3.8) is 0 Å². The van der Waals surface area contributed by atoms with Crippen LogP contribution in [0.3, 0.4) is 0 Å². The predicted molar refractivity (Wildman–Crippen MR) is 60.6 cm³/mol. The van der Waals surface area contributed by atoms with Crippen molar-refractivity contribution in [2.24, 2.45) is 0 Å². The maximum Gasteiger partial charge on any atom is 0.146 e. The number of hydrogen-bond donors (Lipinski definition) is 1. The van der Waals surface area contributed by atoms with Gasteiger partial charge in [-0.25, -0.2) is 4.39 Å². The number of aliphatic hydroxyl groups excluding tert-OH is 1. The molecule has 0 radical (unpaired) electrons. The summed E-state index contributed by atoms with van der Waals surface area (Å²) in [5, 5.41) is 9.55. The van der Waals surface area contributed by atoms with Crippen molar-refractivity contribution in [3.05, 3.63) is 29.6 Å². The predicted octanol–water partition coefficient (Wildman–Crippen LogP) is 2.73. The van der Waals surface area contributed by atoms with Crippen LogP contribution in [-0.2, 0) is 0 Å². The van der Waals surface area contributed by atoms with E-state index in [9.17, 15) is 9.50 Å². The molecule has 1 rings (SSSR count). The lowest BCUT2D eigenvalue weighted by atomic mass is 10.1. The average Bonchev–Trinajstić information content (AvgIpc) is 2.17. The molecule has 0 unspecified atom stereocenters. The first-order valence-corrected chi connectivity index (χ1v) is 5.25. The van der Waals surface area contributed by atoms with Crippen molar-refractivity contribution in [2.45, 2.75) is 26.4 Å². The molecule has 3 heteroatoms. The molecule has 84 valence electrons. The summed E-state index contributed by atoms with van der Waals surface area (Å²) in [5.74, 6) is -0.274. The second-order valence-corrected chi connectivity index (χ2v) is 3.78. The number of nitrogens with zero attached hydrogens (tertiary/aromatic N) is 1. The Hall–Kier alpha value is -1.09. The van der Waals surface area contributed by atoms with Crippen molar-refractivity contribution in [2.75, 3.05) is 18.5 Å². The zero-order valence-corrected chi connectivity index (χ0v) is 9.50. The zero-order chi connectivity index (χ0) is 11.4. The molecule has 0 spiro atoms. The maximum atomic E-state index is 13.6. The third kappa shape index (κ3) is 2.69. The van der Waals surface area contributed by atoms with E-state index in [1.807, 2.05) is 18.9 Å². The van der Waals surface area contributed by atoms with Gasteiger partial charge in [0, 0.05) is 19.2 Å². The molecule has 2 nitrogen and oxygen atoms in total. The van der Waals surface area contributed by atoms with Gasteiger partial charge in [-0.05, 0) is 19.4 Å². The van der Waals surface area contributed by atoms with E-state index in [0.29, 0.717) is 11.3 Å². The summed E-state index contributed by atoms with van der Waals surface area (Å²) in [6, 6.07) is 4.81. The molecular weight excluding hydrogens is 193 g/mol. The van der Waals surface area contributed by atoms with Gasteiger partial charge in [-0.3, -0.25) is 0 Å². The van der Waals surface area contributed by atoms with Crippen LogP contribution in [0.15, 0.2) is 18.2 Å². The molecule has 0 saturated heterocycles. The van der Waals surface area contributed by atoms with Gasteiger partial charge < -0.3 is 10.0 Å². The molecule has 0 aliphatic rings. The Balaban J connectivity index is 3.12. The lowest BCUT2D eigenvalue weighted by molar-refractivity contribution is 0.199. The first kappa shape index (κ1) is 12.0. The summed E-state index contributed by atoms with van der Waals surface area (Å²) >= 11 is 0. The zero-order valence-electron chi connectivity index (χ0n) is 9.50. The summed E-state index contributed by atoms with van der Waals surface area (Å²) in [6.45, 7) is 4.47. The standard InChI is InChI=1S/C12H18FNO/c1-4-8-14(3)12-10(9(2)15)6-5-7-11(12)13/h5-7,9,15H,4,8H2,1-3H3/t9-/m0/s1. The molecule has 1 aromatic carbocycles. The molecule has 15 heavy (non-hydrogen) atoms. The van der Waals surface area contributed by atoms with Crippen molar-refractivity contribution < 1.29 is 9.50 Å². The third-order valence-electron chi connectivity index (χ3n) is 2.41. The molecule has 0 heterocycles. The third-order valence-corrected chi connectivity index (χ3v) is 2.41. The van der Waals surface area contributed by atoms with Gasteiger partial charge in [0.25, 0.3) is 0 Å². The van der Waals surface area contributed by atoms with Crippen molar-refractivity contribution in [1.29, 1.82) is 0 Å². The largest absolute Gasteiger partial charge is 0.389 e. The Labute approximate surface area is 90.3 Å². The van der Waals surface area contributed by atoms with E-state index < -0.39 is 6.10 Å². The van der Waals surface area contributed by atoms with Gasteiger partial charge in [-0.15, -0.1) is 0 Å². The van der Waals surface area contributed by atoms with Crippen LogP contribution in [0.5, 0.6) is 0 Å². The van der Waals surface area contributed by atoms with Gasteiger partial charge in [0.05, 0.1) is 11.8 Å². The quantitative estimate of drug-likeness (QED) is 0.827. The smallest absolute Gasteiger partial charge is 0.146 e. The summed E-state index contributed by atoms with van der Waals surface area (Å²) in [7, 11) is 1.84. The van der Waals surface area contributed by atoms with E-state index in [2.05, 4.69) is 0 Å². The van der Waals surface area contributed by atoms with Crippen LogP contribution in [0.2, 0.25) is 0 Å². The number of anilines is 1. The van der Waals surface area contributed by atoms with Crippen molar-refractivity contribution in [1.82, 2.24) is 0 Å². The van der Waals surface area contributed by atoms with Crippen molar-refractivity contribution >= 4 is 5.69 Å². The van der Waals surface area contributed by atoms with Crippen LogP contribution in [0.4, 0.5) is 10.1 Å². The highest BCUT2D eigenvalue weighted by Crippen LogP contribution is 2.28. The molecular formula is C12H18FNO. The first-order chi connectivity index (χ1) is 7.07. The molecule has 0 amide bonds. The number of aliphatic hydroxyl groups is 1. The van der Waals surface area contributed by atoms with Gasteiger partial charge in [-0.2, -0.15) is 0 Å².